The fraction of sp³-hybridized carbons (Fsp3) is 0.875. The van der Waals surface area contributed by atoms with Crippen molar-refractivity contribution in [3.05, 3.63) is 0 Å². The van der Waals surface area contributed by atoms with Gasteiger partial charge in [0, 0.05) is 13.6 Å². The standard InChI is InChI=1S/C16H32N2O4/c1-12(2)13(14(19)20)17(6)10-8-9-11-18(7)15(21)22-16(3,4)5/h12-13H,8-11H2,1-7H3,(H,19,20). The van der Waals surface area contributed by atoms with E-state index >= 15 is 0 Å². The second kappa shape index (κ2) is 8.98. The molecule has 0 spiro atoms. The molecule has 1 atom stereocenters. The van der Waals surface area contributed by atoms with Gasteiger partial charge in [0.05, 0.1) is 0 Å². The van der Waals surface area contributed by atoms with Crippen LogP contribution in [-0.4, -0.2) is 65.8 Å². The summed E-state index contributed by atoms with van der Waals surface area (Å²) in [4.78, 5) is 26.4. The molecule has 0 radical (unpaired) electrons. The molecule has 0 aromatic carbocycles. The summed E-state index contributed by atoms with van der Waals surface area (Å²) in [5, 5.41) is 9.23. The molecule has 6 nitrogen and oxygen atoms in total. The van der Waals surface area contributed by atoms with E-state index in [1.54, 1.807) is 11.9 Å². The van der Waals surface area contributed by atoms with Crippen LogP contribution in [0.15, 0.2) is 0 Å². The van der Waals surface area contributed by atoms with Gasteiger partial charge in [0.1, 0.15) is 11.6 Å². The van der Waals surface area contributed by atoms with Crippen LogP contribution in [-0.2, 0) is 9.53 Å². The van der Waals surface area contributed by atoms with E-state index < -0.39 is 17.6 Å². The molecule has 1 amide bonds. The number of carboxylic acid groups (broad SMARTS) is 1. The minimum atomic E-state index is -0.789. The molecule has 0 heterocycles. The lowest BCUT2D eigenvalue weighted by atomic mass is 10.0. The Balaban J connectivity index is 4.11. The maximum atomic E-state index is 11.8. The van der Waals surface area contributed by atoms with Crippen LogP contribution in [0.3, 0.4) is 0 Å². The van der Waals surface area contributed by atoms with E-state index in [2.05, 4.69) is 0 Å². The Kier molecular flexibility index (Phi) is 8.45. The van der Waals surface area contributed by atoms with Crippen molar-refractivity contribution in [2.24, 2.45) is 5.92 Å². The van der Waals surface area contributed by atoms with Crippen LogP contribution in [0, 0.1) is 5.92 Å². The van der Waals surface area contributed by atoms with Crippen molar-refractivity contribution in [3.8, 4) is 0 Å². The van der Waals surface area contributed by atoms with Crippen molar-refractivity contribution in [1.29, 1.82) is 0 Å². The molecule has 22 heavy (non-hydrogen) atoms. The molecule has 0 saturated carbocycles. The number of carboxylic acids is 1. The Morgan fingerprint density at radius 2 is 1.59 bits per heavy atom. The van der Waals surface area contributed by atoms with Gasteiger partial charge in [-0.1, -0.05) is 13.8 Å². The summed E-state index contributed by atoms with van der Waals surface area (Å²) in [5.74, 6) is -0.727. The normalized spacial score (nSPS) is 13.3. The highest BCUT2D eigenvalue weighted by molar-refractivity contribution is 5.73. The van der Waals surface area contributed by atoms with Crippen molar-refractivity contribution < 1.29 is 19.4 Å². The van der Waals surface area contributed by atoms with E-state index in [1.165, 1.54) is 0 Å². The van der Waals surface area contributed by atoms with Crippen LogP contribution in [0.25, 0.3) is 0 Å². The lowest BCUT2D eigenvalue weighted by Crippen LogP contribution is -2.43. The molecular formula is C16H32N2O4. The number of carbonyl (C=O) groups excluding carboxylic acids is 1. The molecule has 130 valence electrons. The first kappa shape index (κ1) is 20.7. The maximum absolute atomic E-state index is 11.8. The molecule has 0 aliphatic heterocycles. The number of nitrogens with zero attached hydrogens (tertiary/aromatic N) is 2. The summed E-state index contributed by atoms with van der Waals surface area (Å²) in [5.41, 5.74) is -0.489. The molecule has 0 saturated heterocycles. The van der Waals surface area contributed by atoms with E-state index in [4.69, 9.17) is 4.74 Å². The zero-order valence-electron chi connectivity index (χ0n) is 15.0. The van der Waals surface area contributed by atoms with E-state index in [1.807, 2.05) is 46.6 Å². The fourth-order valence-corrected chi connectivity index (χ4v) is 2.26. The third-order valence-electron chi connectivity index (χ3n) is 3.32. The average Bonchev–Trinajstić information content (AvgIpc) is 2.31. The second-order valence-electron chi connectivity index (χ2n) is 7.12. The van der Waals surface area contributed by atoms with Crippen LogP contribution in [0.5, 0.6) is 0 Å². The quantitative estimate of drug-likeness (QED) is 0.697. The van der Waals surface area contributed by atoms with Gasteiger partial charge in [-0.3, -0.25) is 9.69 Å². The molecule has 0 bridgehead atoms. The van der Waals surface area contributed by atoms with Gasteiger partial charge in [-0.15, -0.1) is 0 Å². The summed E-state index contributed by atoms with van der Waals surface area (Å²) in [7, 11) is 3.54. The lowest BCUT2D eigenvalue weighted by Gasteiger charge is -2.28. The van der Waals surface area contributed by atoms with Crippen molar-refractivity contribution in [1.82, 2.24) is 9.80 Å². The van der Waals surface area contributed by atoms with Crippen molar-refractivity contribution in [3.63, 3.8) is 0 Å². The summed E-state index contributed by atoms with van der Waals surface area (Å²) < 4.78 is 5.28. The molecule has 0 aliphatic rings. The fourth-order valence-electron chi connectivity index (χ4n) is 2.26. The van der Waals surface area contributed by atoms with Gasteiger partial charge in [0.25, 0.3) is 0 Å². The topological polar surface area (TPSA) is 70.1 Å². The monoisotopic (exact) mass is 316 g/mol. The molecule has 0 aromatic rings. The highest BCUT2D eigenvalue weighted by Crippen LogP contribution is 2.12. The highest BCUT2D eigenvalue weighted by atomic mass is 16.6. The summed E-state index contributed by atoms with van der Waals surface area (Å²) in [6.45, 7) is 10.6. The van der Waals surface area contributed by atoms with E-state index in [0.717, 1.165) is 12.8 Å². The minimum Gasteiger partial charge on any atom is -0.480 e. The van der Waals surface area contributed by atoms with Gasteiger partial charge in [0.2, 0.25) is 0 Å². The molecule has 6 heteroatoms. The van der Waals surface area contributed by atoms with Gasteiger partial charge in [-0.25, -0.2) is 4.79 Å². The molecule has 1 N–H and O–H groups in total. The van der Waals surface area contributed by atoms with Crippen molar-refractivity contribution in [2.45, 2.75) is 59.1 Å². The molecule has 1 unspecified atom stereocenters. The SMILES string of the molecule is CC(C)C(C(=O)O)N(C)CCCCN(C)C(=O)OC(C)(C)C. The number of hydrogen-bond acceptors (Lipinski definition) is 4. The number of hydrogen-bond donors (Lipinski definition) is 1. The largest absolute Gasteiger partial charge is 0.480 e. The smallest absolute Gasteiger partial charge is 0.410 e. The highest BCUT2D eigenvalue weighted by Gasteiger charge is 2.25. The minimum absolute atomic E-state index is 0.0620. The van der Waals surface area contributed by atoms with Crippen LogP contribution < -0.4 is 0 Å². The molecule has 0 aliphatic carbocycles. The van der Waals surface area contributed by atoms with Crippen LogP contribution in [0.4, 0.5) is 4.79 Å². The Morgan fingerprint density at radius 1 is 1.09 bits per heavy atom. The van der Waals surface area contributed by atoms with E-state index in [9.17, 15) is 14.7 Å². The third kappa shape index (κ3) is 8.22. The molecule has 0 rings (SSSR count). The third-order valence-corrected chi connectivity index (χ3v) is 3.32. The van der Waals surface area contributed by atoms with Gasteiger partial charge in [-0.05, 0) is 53.1 Å². The van der Waals surface area contributed by atoms with Gasteiger partial charge >= 0.3 is 12.1 Å². The first-order chi connectivity index (χ1) is 9.95. The zero-order chi connectivity index (χ0) is 17.5. The number of ether oxygens (including phenoxy) is 1. The Labute approximate surface area is 134 Å². The number of carbonyl (C=O) groups is 2. The first-order valence-electron chi connectivity index (χ1n) is 7.83. The van der Waals surface area contributed by atoms with Gasteiger partial charge in [0.15, 0.2) is 0 Å². The molecule has 0 fully saturated rings. The van der Waals surface area contributed by atoms with Crippen LogP contribution in [0.2, 0.25) is 0 Å². The summed E-state index contributed by atoms with van der Waals surface area (Å²) in [6, 6.07) is -0.469. The molecular weight excluding hydrogens is 284 g/mol. The maximum Gasteiger partial charge on any atom is 0.410 e. The number of amides is 1. The zero-order valence-corrected chi connectivity index (χ0v) is 15.0. The predicted octanol–water partition coefficient (Wildman–Crippen LogP) is 2.67. The van der Waals surface area contributed by atoms with Gasteiger partial charge in [-0.2, -0.15) is 0 Å². The predicted molar refractivity (Wildman–Crippen MR) is 87.0 cm³/mol. The Bertz CT molecular complexity index is 364. The number of likely N-dealkylation sites (N-methyl/N-ethyl adjacent to an activating group) is 1. The first-order valence-corrected chi connectivity index (χ1v) is 7.83. The number of unbranched alkanes of at least 4 members (excludes halogenated alkanes) is 1. The Hall–Kier alpha value is -1.30. The van der Waals surface area contributed by atoms with Gasteiger partial charge < -0.3 is 14.7 Å². The van der Waals surface area contributed by atoms with Crippen LogP contribution >= 0.6 is 0 Å². The molecule has 0 aromatic heterocycles. The summed E-state index contributed by atoms with van der Waals surface area (Å²) >= 11 is 0. The number of rotatable bonds is 8. The average molecular weight is 316 g/mol. The van der Waals surface area contributed by atoms with E-state index in [0.29, 0.717) is 13.1 Å². The van der Waals surface area contributed by atoms with E-state index in [-0.39, 0.29) is 12.0 Å². The van der Waals surface area contributed by atoms with Crippen LogP contribution in [0.1, 0.15) is 47.5 Å². The summed E-state index contributed by atoms with van der Waals surface area (Å²) in [6.07, 6.45) is 1.32. The second-order valence-corrected chi connectivity index (χ2v) is 7.12. The van der Waals surface area contributed by atoms with Crippen molar-refractivity contribution >= 4 is 12.1 Å². The lowest BCUT2D eigenvalue weighted by molar-refractivity contribution is -0.144. The Morgan fingerprint density at radius 3 is 2.00 bits per heavy atom. The van der Waals surface area contributed by atoms with Crippen molar-refractivity contribution in [2.75, 3.05) is 27.2 Å². The number of aliphatic carboxylic acids is 1.